The minimum atomic E-state index is -1.16. The summed E-state index contributed by atoms with van der Waals surface area (Å²) in [5.41, 5.74) is 0.890. The monoisotopic (exact) mass is 542 g/mol. The Balaban J connectivity index is 1.44. The lowest BCUT2D eigenvalue weighted by atomic mass is 10.0. The van der Waals surface area contributed by atoms with Gasteiger partial charge in [-0.3, -0.25) is 4.79 Å². The fourth-order valence-electron chi connectivity index (χ4n) is 4.47. The van der Waals surface area contributed by atoms with Crippen molar-refractivity contribution in [2.24, 2.45) is 0 Å². The first-order valence-corrected chi connectivity index (χ1v) is 12.7. The van der Waals surface area contributed by atoms with E-state index in [4.69, 9.17) is 23.7 Å². The van der Waals surface area contributed by atoms with Crippen LogP contribution in [0, 0.1) is 0 Å². The molecule has 0 aliphatic carbocycles. The van der Waals surface area contributed by atoms with Crippen LogP contribution in [0.4, 0.5) is 0 Å². The number of ether oxygens (including phenoxy) is 5. The number of hydrogen-bond acceptors (Lipinski definition) is 9. The van der Waals surface area contributed by atoms with Gasteiger partial charge >= 0.3 is 17.9 Å². The fourth-order valence-corrected chi connectivity index (χ4v) is 4.47. The van der Waals surface area contributed by atoms with Gasteiger partial charge in [0.05, 0.1) is 16.7 Å². The van der Waals surface area contributed by atoms with Crippen molar-refractivity contribution in [3.8, 4) is 0 Å². The highest BCUT2D eigenvalue weighted by Crippen LogP contribution is 2.33. The van der Waals surface area contributed by atoms with E-state index in [9.17, 15) is 19.2 Å². The van der Waals surface area contributed by atoms with Gasteiger partial charge in [0.25, 0.3) is 0 Å². The van der Waals surface area contributed by atoms with Crippen LogP contribution in [-0.2, 0) is 28.5 Å². The molecule has 2 heterocycles. The number of ketones is 1. The number of rotatable bonds is 8. The molecule has 0 aromatic heterocycles. The summed E-state index contributed by atoms with van der Waals surface area (Å²) >= 11 is 0. The molecule has 2 aliphatic rings. The summed E-state index contributed by atoms with van der Waals surface area (Å²) in [5.74, 6) is -2.17. The molecule has 40 heavy (non-hydrogen) atoms. The van der Waals surface area contributed by atoms with Crippen molar-refractivity contribution in [2.45, 2.75) is 30.5 Å². The summed E-state index contributed by atoms with van der Waals surface area (Å²) in [6.07, 6.45) is -2.21. The molecule has 3 aromatic carbocycles. The number of hydrogen-bond donors (Lipinski definition) is 0. The smallest absolute Gasteiger partial charge is 0.338 e. The topological polar surface area (TPSA) is 114 Å². The summed E-state index contributed by atoms with van der Waals surface area (Å²) in [6, 6.07) is 25.0. The molecule has 0 spiro atoms. The molecular weight excluding hydrogens is 516 g/mol. The summed E-state index contributed by atoms with van der Waals surface area (Å²) < 4.78 is 29.1. The van der Waals surface area contributed by atoms with Crippen LogP contribution in [0.15, 0.2) is 103 Å². The third-order valence-corrected chi connectivity index (χ3v) is 6.45. The fraction of sp³-hybridized carbons (Fsp3) is 0.226. The molecule has 0 unspecified atom stereocenters. The molecular formula is C31H26O9. The van der Waals surface area contributed by atoms with Crippen LogP contribution in [0.2, 0.25) is 0 Å². The van der Waals surface area contributed by atoms with Gasteiger partial charge in [-0.15, -0.1) is 0 Å². The van der Waals surface area contributed by atoms with E-state index < -0.39 is 48.4 Å². The molecule has 0 amide bonds. The highest BCUT2D eigenvalue weighted by atomic mass is 16.7. The minimum Gasteiger partial charge on any atom is -0.459 e. The predicted octanol–water partition coefficient (Wildman–Crippen LogP) is 3.59. The Morgan fingerprint density at radius 2 is 1.20 bits per heavy atom. The Hall–Kier alpha value is -4.60. The number of benzene rings is 3. The highest BCUT2D eigenvalue weighted by molar-refractivity contribution is 5.92. The van der Waals surface area contributed by atoms with Gasteiger partial charge in [0, 0.05) is 0 Å². The number of esters is 3. The van der Waals surface area contributed by atoms with Gasteiger partial charge in [-0.25, -0.2) is 14.4 Å². The molecule has 0 radical (unpaired) electrons. The number of carbonyl (C=O) groups excluding carboxylic acids is 4. The maximum atomic E-state index is 13.1. The Bertz CT molecular complexity index is 1370. The van der Waals surface area contributed by atoms with Crippen molar-refractivity contribution < 1.29 is 42.9 Å². The highest BCUT2D eigenvalue weighted by Gasteiger charge is 2.53. The van der Waals surface area contributed by atoms with Crippen molar-refractivity contribution in [1.82, 2.24) is 0 Å². The quantitative estimate of drug-likeness (QED) is 0.311. The summed E-state index contributed by atoms with van der Waals surface area (Å²) in [7, 11) is 0. The first-order chi connectivity index (χ1) is 19.5. The summed E-state index contributed by atoms with van der Waals surface area (Å²) in [4.78, 5) is 50.7. The van der Waals surface area contributed by atoms with Crippen LogP contribution in [0.5, 0.6) is 0 Å². The van der Waals surface area contributed by atoms with Gasteiger partial charge in [0.2, 0.25) is 0 Å². The van der Waals surface area contributed by atoms with Gasteiger partial charge < -0.3 is 23.7 Å². The van der Waals surface area contributed by atoms with Gasteiger partial charge in [-0.1, -0.05) is 54.6 Å². The Kier molecular flexibility index (Phi) is 8.44. The van der Waals surface area contributed by atoms with E-state index in [1.165, 1.54) is 12.2 Å². The molecule has 0 bridgehead atoms. The van der Waals surface area contributed by atoms with Crippen LogP contribution < -0.4 is 0 Å². The zero-order valence-electron chi connectivity index (χ0n) is 21.3. The van der Waals surface area contributed by atoms with Gasteiger partial charge in [0.15, 0.2) is 18.0 Å². The van der Waals surface area contributed by atoms with Crippen LogP contribution >= 0.6 is 0 Å². The van der Waals surface area contributed by atoms with Gasteiger partial charge in [-0.05, 0) is 48.6 Å². The molecule has 1 saturated heterocycles. The molecule has 9 heteroatoms. The second kappa shape index (κ2) is 12.5. The van der Waals surface area contributed by atoms with E-state index in [0.29, 0.717) is 5.56 Å². The SMILES string of the molecule is O=C1C=C[C@@H]([C@@H]2O[C@H](COC(=O)c3ccccc3)[C@@H](OC(=O)c3ccccc3)[C@H]2OC(=O)c2ccccc2)OC1. The van der Waals surface area contributed by atoms with Crippen LogP contribution in [0.25, 0.3) is 0 Å². The largest absolute Gasteiger partial charge is 0.459 e. The van der Waals surface area contributed by atoms with Crippen LogP contribution in [-0.4, -0.2) is 67.4 Å². The van der Waals surface area contributed by atoms with E-state index >= 15 is 0 Å². The molecule has 5 rings (SSSR count). The standard InChI is InChI=1S/C31H26O9/c32-23-16-17-24(36-18-23)26-28(40-31(35)22-14-8-3-9-15-22)27(39-30(34)21-12-6-2-7-13-21)25(38-26)19-37-29(33)20-10-4-1-5-11-20/h1-17,24-28H,18-19H2/t24-,25+,26-,27+,28-/m0/s1. The number of carbonyl (C=O) groups is 4. The van der Waals surface area contributed by atoms with Crippen LogP contribution in [0.3, 0.4) is 0 Å². The maximum absolute atomic E-state index is 13.1. The second-order valence-corrected chi connectivity index (χ2v) is 9.18. The average Bonchev–Trinajstić information content (AvgIpc) is 3.33. The van der Waals surface area contributed by atoms with Crippen molar-refractivity contribution in [3.05, 3.63) is 120 Å². The van der Waals surface area contributed by atoms with Crippen molar-refractivity contribution in [3.63, 3.8) is 0 Å². The molecule has 9 nitrogen and oxygen atoms in total. The predicted molar refractivity (Wildman–Crippen MR) is 141 cm³/mol. The zero-order valence-corrected chi connectivity index (χ0v) is 21.3. The second-order valence-electron chi connectivity index (χ2n) is 9.18. The van der Waals surface area contributed by atoms with E-state index in [1.54, 1.807) is 91.0 Å². The summed E-state index contributed by atoms with van der Waals surface area (Å²) in [6.45, 7) is -0.492. The van der Waals surface area contributed by atoms with E-state index in [1.807, 2.05) is 0 Å². The molecule has 5 atom stereocenters. The van der Waals surface area contributed by atoms with Gasteiger partial charge in [0.1, 0.15) is 31.5 Å². The third-order valence-electron chi connectivity index (χ3n) is 6.45. The lowest BCUT2D eigenvalue weighted by Crippen LogP contribution is -2.45. The Labute approximate surface area is 230 Å². The van der Waals surface area contributed by atoms with E-state index in [-0.39, 0.29) is 30.1 Å². The van der Waals surface area contributed by atoms with Gasteiger partial charge in [-0.2, -0.15) is 0 Å². The first kappa shape index (κ1) is 27.0. The zero-order chi connectivity index (χ0) is 27.9. The molecule has 0 saturated carbocycles. The molecule has 204 valence electrons. The Morgan fingerprint density at radius 1 is 0.700 bits per heavy atom. The Morgan fingerprint density at radius 3 is 1.70 bits per heavy atom. The third kappa shape index (κ3) is 6.33. The molecule has 2 aliphatic heterocycles. The maximum Gasteiger partial charge on any atom is 0.338 e. The molecule has 0 N–H and O–H groups in total. The first-order valence-electron chi connectivity index (χ1n) is 12.7. The normalized spacial score (nSPS) is 23.8. The van der Waals surface area contributed by atoms with Crippen molar-refractivity contribution in [2.75, 3.05) is 13.2 Å². The van der Waals surface area contributed by atoms with Crippen molar-refractivity contribution >= 4 is 23.7 Å². The lowest BCUT2D eigenvalue weighted by Gasteiger charge is -2.28. The average molecular weight is 543 g/mol. The van der Waals surface area contributed by atoms with Crippen LogP contribution in [0.1, 0.15) is 31.1 Å². The van der Waals surface area contributed by atoms with E-state index in [2.05, 4.69) is 0 Å². The van der Waals surface area contributed by atoms with E-state index in [0.717, 1.165) is 0 Å². The van der Waals surface area contributed by atoms with Crippen molar-refractivity contribution in [1.29, 1.82) is 0 Å². The molecule has 3 aromatic rings. The minimum absolute atomic E-state index is 0.192. The summed E-state index contributed by atoms with van der Waals surface area (Å²) in [5, 5.41) is 0. The lowest BCUT2D eigenvalue weighted by molar-refractivity contribution is -0.129. The molecule has 1 fully saturated rings.